The molecule has 0 spiro atoms. The van der Waals surface area contributed by atoms with Crippen LogP contribution >= 0.6 is 0 Å². The topological polar surface area (TPSA) is 92.0 Å². The van der Waals surface area contributed by atoms with Gasteiger partial charge in [0.1, 0.15) is 17.9 Å². The number of benzene rings is 5. The molecule has 0 radical (unpaired) electrons. The van der Waals surface area contributed by atoms with Crippen molar-refractivity contribution in [3.8, 4) is 28.3 Å². The summed E-state index contributed by atoms with van der Waals surface area (Å²) in [7, 11) is 1.37. The lowest BCUT2D eigenvalue weighted by molar-refractivity contribution is 0.0594. The highest BCUT2D eigenvalue weighted by Gasteiger charge is 2.41. The van der Waals surface area contributed by atoms with Crippen LogP contribution in [0.5, 0.6) is 5.75 Å². The number of carbonyl (C=O) groups is 1. The summed E-state index contributed by atoms with van der Waals surface area (Å²) in [6.45, 7) is 4.18. The van der Waals surface area contributed by atoms with E-state index in [0.29, 0.717) is 22.8 Å². The summed E-state index contributed by atoms with van der Waals surface area (Å²) in [5.41, 5.74) is 7.79. The van der Waals surface area contributed by atoms with Gasteiger partial charge in [0.05, 0.1) is 12.8 Å². The standard InChI is InChI=1S/C44H39N5O3/c1-4-16-37-29-40(41(31(2)45-37)43(50)51-3)52-30-32-25-27-33(28-26-32)38-23-14-15-24-39(38)42-46-48-49(47-42)44(34-17-8-5-9-18-34,35-19-10-6-11-20-35)36-21-12-7-13-22-36/h5-15,17-29H,4,16,30H2,1-3H3. The van der Waals surface area contributed by atoms with Crippen molar-refractivity contribution >= 4 is 5.97 Å². The molecule has 5 aromatic carbocycles. The summed E-state index contributed by atoms with van der Waals surface area (Å²) in [5, 5.41) is 14.6. The molecular weight excluding hydrogens is 647 g/mol. The van der Waals surface area contributed by atoms with E-state index in [0.717, 1.165) is 57.5 Å². The van der Waals surface area contributed by atoms with Gasteiger partial charge in [-0.15, -0.1) is 15.0 Å². The van der Waals surface area contributed by atoms with Crippen molar-refractivity contribution in [2.75, 3.05) is 7.11 Å². The van der Waals surface area contributed by atoms with Crippen LogP contribution in [0.1, 0.15) is 57.3 Å². The number of rotatable bonds is 12. The highest BCUT2D eigenvalue weighted by Crippen LogP contribution is 2.40. The molecule has 0 amide bonds. The molecular formula is C44H39N5O3. The Labute approximate surface area is 303 Å². The predicted molar refractivity (Wildman–Crippen MR) is 202 cm³/mol. The minimum Gasteiger partial charge on any atom is -0.488 e. The van der Waals surface area contributed by atoms with Crippen LogP contribution in [0, 0.1) is 6.92 Å². The van der Waals surface area contributed by atoms with Gasteiger partial charge in [-0.2, -0.15) is 0 Å². The molecule has 0 aliphatic heterocycles. The van der Waals surface area contributed by atoms with Crippen molar-refractivity contribution in [3.05, 3.63) is 185 Å². The molecule has 8 heteroatoms. The fourth-order valence-corrected chi connectivity index (χ4v) is 6.77. The lowest BCUT2D eigenvalue weighted by atomic mass is 9.77. The van der Waals surface area contributed by atoms with E-state index >= 15 is 0 Å². The molecule has 0 aliphatic rings. The number of hydrogen-bond acceptors (Lipinski definition) is 7. The van der Waals surface area contributed by atoms with Crippen molar-refractivity contribution in [1.82, 2.24) is 25.2 Å². The number of esters is 1. The van der Waals surface area contributed by atoms with E-state index < -0.39 is 11.5 Å². The Morgan fingerprint density at radius 2 is 1.29 bits per heavy atom. The van der Waals surface area contributed by atoms with E-state index in [1.54, 1.807) is 4.80 Å². The second kappa shape index (κ2) is 15.2. The first kappa shape index (κ1) is 34.1. The number of aryl methyl sites for hydroxylation is 2. The van der Waals surface area contributed by atoms with Crippen LogP contribution in [-0.2, 0) is 23.3 Å². The Kier molecular flexibility index (Phi) is 9.97. The van der Waals surface area contributed by atoms with Crippen LogP contribution in [0.4, 0.5) is 0 Å². The third kappa shape index (κ3) is 6.58. The zero-order valence-corrected chi connectivity index (χ0v) is 29.4. The minimum atomic E-state index is -0.871. The van der Waals surface area contributed by atoms with Gasteiger partial charge in [0.2, 0.25) is 5.82 Å². The molecule has 52 heavy (non-hydrogen) atoms. The van der Waals surface area contributed by atoms with Gasteiger partial charge in [0, 0.05) is 17.3 Å². The van der Waals surface area contributed by atoms with Gasteiger partial charge in [0.25, 0.3) is 0 Å². The predicted octanol–water partition coefficient (Wildman–Crippen LogP) is 8.87. The van der Waals surface area contributed by atoms with Crippen LogP contribution in [0.15, 0.2) is 146 Å². The van der Waals surface area contributed by atoms with Gasteiger partial charge < -0.3 is 9.47 Å². The largest absolute Gasteiger partial charge is 0.488 e. The Hall–Kier alpha value is -6.41. The lowest BCUT2D eigenvalue weighted by Gasteiger charge is -2.34. The number of nitrogens with zero attached hydrogens (tertiary/aromatic N) is 5. The monoisotopic (exact) mass is 685 g/mol. The van der Waals surface area contributed by atoms with Crippen molar-refractivity contribution in [2.24, 2.45) is 0 Å². The maximum Gasteiger partial charge on any atom is 0.343 e. The number of methoxy groups -OCH3 is 1. The molecule has 0 atom stereocenters. The number of aromatic nitrogens is 5. The van der Waals surface area contributed by atoms with E-state index in [2.05, 4.69) is 66.5 Å². The first-order chi connectivity index (χ1) is 25.5. The Morgan fingerprint density at radius 3 is 1.85 bits per heavy atom. The van der Waals surface area contributed by atoms with Crippen LogP contribution in [0.3, 0.4) is 0 Å². The summed E-state index contributed by atoms with van der Waals surface area (Å²) in [5.74, 6) is 0.527. The van der Waals surface area contributed by atoms with Crippen molar-refractivity contribution in [3.63, 3.8) is 0 Å². The Morgan fingerprint density at radius 1 is 0.731 bits per heavy atom. The zero-order valence-electron chi connectivity index (χ0n) is 29.4. The molecule has 0 saturated heterocycles. The molecule has 0 N–H and O–H groups in total. The quantitative estimate of drug-likeness (QED) is 0.0937. The third-order valence-corrected chi connectivity index (χ3v) is 9.23. The van der Waals surface area contributed by atoms with E-state index in [1.807, 2.05) is 97.9 Å². The summed E-state index contributed by atoms with van der Waals surface area (Å²) < 4.78 is 11.3. The average molecular weight is 686 g/mol. The molecule has 0 fully saturated rings. The number of pyridine rings is 1. The van der Waals surface area contributed by atoms with Gasteiger partial charge in [-0.25, -0.2) is 4.79 Å². The normalized spacial score (nSPS) is 11.3. The van der Waals surface area contributed by atoms with Gasteiger partial charge in [-0.05, 0) is 51.9 Å². The van der Waals surface area contributed by atoms with E-state index in [4.69, 9.17) is 24.9 Å². The first-order valence-corrected chi connectivity index (χ1v) is 17.4. The Balaban J connectivity index is 1.23. The number of ether oxygens (including phenoxy) is 2. The van der Waals surface area contributed by atoms with E-state index in [9.17, 15) is 4.79 Å². The lowest BCUT2D eigenvalue weighted by Crippen LogP contribution is -2.39. The van der Waals surface area contributed by atoms with Crippen molar-refractivity contribution in [2.45, 2.75) is 38.8 Å². The summed E-state index contributed by atoms with van der Waals surface area (Å²) in [4.78, 5) is 18.9. The first-order valence-electron chi connectivity index (χ1n) is 17.4. The van der Waals surface area contributed by atoms with E-state index in [-0.39, 0.29) is 6.61 Å². The average Bonchev–Trinajstić information content (AvgIpc) is 3.69. The highest BCUT2D eigenvalue weighted by atomic mass is 16.5. The van der Waals surface area contributed by atoms with Crippen LogP contribution in [0.2, 0.25) is 0 Å². The molecule has 0 aliphatic carbocycles. The fourth-order valence-electron chi connectivity index (χ4n) is 6.77. The summed E-state index contributed by atoms with van der Waals surface area (Å²) >= 11 is 0. The highest BCUT2D eigenvalue weighted by molar-refractivity contribution is 5.93. The van der Waals surface area contributed by atoms with Gasteiger partial charge in [-0.1, -0.05) is 153 Å². The summed E-state index contributed by atoms with van der Waals surface area (Å²) in [6, 6.07) is 49.1. The van der Waals surface area contributed by atoms with Crippen molar-refractivity contribution in [1.29, 1.82) is 0 Å². The smallest absolute Gasteiger partial charge is 0.343 e. The second-order valence-electron chi connectivity index (χ2n) is 12.6. The second-order valence-corrected chi connectivity index (χ2v) is 12.6. The number of hydrogen-bond donors (Lipinski definition) is 0. The van der Waals surface area contributed by atoms with E-state index in [1.165, 1.54) is 7.11 Å². The molecule has 2 heterocycles. The molecule has 0 unspecified atom stereocenters. The molecule has 2 aromatic heterocycles. The minimum absolute atomic E-state index is 0.275. The van der Waals surface area contributed by atoms with Crippen LogP contribution in [-0.4, -0.2) is 38.3 Å². The number of tetrazole rings is 1. The van der Waals surface area contributed by atoms with Gasteiger partial charge in [-0.3, -0.25) is 4.98 Å². The fraction of sp³-hybridized carbons (Fsp3) is 0.159. The van der Waals surface area contributed by atoms with Crippen molar-refractivity contribution < 1.29 is 14.3 Å². The van der Waals surface area contributed by atoms with Crippen LogP contribution in [0.25, 0.3) is 22.5 Å². The molecule has 8 nitrogen and oxygen atoms in total. The Bertz CT molecular complexity index is 2170. The molecule has 0 saturated carbocycles. The maximum absolute atomic E-state index is 12.6. The third-order valence-electron chi connectivity index (χ3n) is 9.23. The number of carbonyl (C=O) groups excluding carboxylic acids is 1. The molecule has 0 bridgehead atoms. The maximum atomic E-state index is 12.6. The summed E-state index contributed by atoms with van der Waals surface area (Å²) in [6.07, 6.45) is 1.73. The zero-order chi connectivity index (χ0) is 35.9. The molecule has 258 valence electrons. The van der Waals surface area contributed by atoms with Gasteiger partial charge >= 0.3 is 5.97 Å². The molecule has 7 aromatic rings. The molecule has 7 rings (SSSR count). The van der Waals surface area contributed by atoms with Gasteiger partial charge in [0.15, 0.2) is 5.54 Å². The van der Waals surface area contributed by atoms with Crippen LogP contribution < -0.4 is 4.74 Å². The SMILES string of the molecule is CCCc1cc(OCc2ccc(-c3ccccc3-c3nnn(C(c4ccccc4)(c4ccccc4)c4ccccc4)n3)cc2)c(C(=O)OC)c(C)n1.